The fourth-order valence-electron chi connectivity index (χ4n) is 4.92. The van der Waals surface area contributed by atoms with Crippen molar-refractivity contribution in [1.82, 2.24) is 10.2 Å². The Hall–Kier alpha value is -3.43. The minimum absolute atomic E-state index is 0.110. The largest absolute Gasteiger partial charge is 0.481 e. The summed E-state index contributed by atoms with van der Waals surface area (Å²) in [6, 6.07) is 15.6. The van der Waals surface area contributed by atoms with Gasteiger partial charge in [-0.15, -0.1) is 0 Å². The molecule has 2 aromatic carbocycles. The number of nitrogens with two attached hydrogens (primary N) is 1. The summed E-state index contributed by atoms with van der Waals surface area (Å²) in [6.45, 7) is 2.23. The summed E-state index contributed by atoms with van der Waals surface area (Å²) in [5.74, 6) is -2.26. The van der Waals surface area contributed by atoms with Gasteiger partial charge in [-0.1, -0.05) is 55.8 Å². The zero-order valence-electron chi connectivity index (χ0n) is 21.1. The Morgan fingerprint density at radius 1 is 1.03 bits per heavy atom. The van der Waals surface area contributed by atoms with E-state index in [4.69, 9.17) is 10.8 Å². The lowest BCUT2D eigenvalue weighted by Gasteiger charge is -2.40. The average Bonchev–Trinajstić information content (AvgIpc) is 3.16. The average molecular weight is 514 g/mol. The summed E-state index contributed by atoms with van der Waals surface area (Å²) in [5.41, 5.74) is 7.91. The molecule has 3 atom stereocenters. The van der Waals surface area contributed by atoms with Gasteiger partial charge in [0.15, 0.2) is 0 Å². The molecule has 3 rings (SSSR count). The SMILES string of the molecule is CCCC1=C(CCc2ccccc2)NC(C(N)=O)(c2ccc(F)cc2)N1CC[C@@H](O)C[C@@H](O)CC(=O)O. The number of primary amides is 1. The van der Waals surface area contributed by atoms with E-state index in [1.165, 1.54) is 24.3 Å². The number of carboxylic acid groups (broad SMARTS) is 1. The third-order valence-electron chi connectivity index (χ3n) is 6.66. The van der Waals surface area contributed by atoms with Crippen LogP contribution in [0.2, 0.25) is 0 Å². The highest BCUT2D eigenvalue weighted by atomic mass is 19.1. The molecule has 0 saturated heterocycles. The van der Waals surface area contributed by atoms with Crippen LogP contribution in [-0.2, 0) is 21.7 Å². The number of rotatable bonds is 14. The molecule has 1 aliphatic heterocycles. The number of halogens is 1. The van der Waals surface area contributed by atoms with E-state index in [1.54, 1.807) is 0 Å². The van der Waals surface area contributed by atoms with Gasteiger partial charge in [-0.3, -0.25) is 9.59 Å². The first-order chi connectivity index (χ1) is 17.7. The summed E-state index contributed by atoms with van der Waals surface area (Å²) in [5, 5.41) is 32.8. The molecule has 0 bridgehead atoms. The third-order valence-corrected chi connectivity index (χ3v) is 6.66. The van der Waals surface area contributed by atoms with Crippen LogP contribution < -0.4 is 11.1 Å². The van der Waals surface area contributed by atoms with E-state index < -0.39 is 42.0 Å². The first-order valence-corrected chi connectivity index (χ1v) is 12.6. The van der Waals surface area contributed by atoms with Gasteiger partial charge in [0, 0.05) is 23.5 Å². The lowest BCUT2D eigenvalue weighted by molar-refractivity contribution is -0.139. The number of amides is 1. The van der Waals surface area contributed by atoms with E-state index in [1.807, 2.05) is 42.2 Å². The quantitative estimate of drug-likeness (QED) is 0.262. The maximum absolute atomic E-state index is 13.8. The number of hydrogen-bond acceptors (Lipinski definition) is 6. The second-order valence-corrected chi connectivity index (χ2v) is 9.45. The van der Waals surface area contributed by atoms with Crippen molar-refractivity contribution in [2.45, 2.75) is 69.7 Å². The maximum atomic E-state index is 13.8. The van der Waals surface area contributed by atoms with Crippen LogP contribution in [0.15, 0.2) is 66.0 Å². The van der Waals surface area contributed by atoms with Crippen LogP contribution in [0.4, 0.5) is 4.39 Å². The smallest absolute Gasteiger partial charge is 0.305 e. The number of nitrogens with one attached hydrogen (secondary N) is 1. The second kappa shape index (κ2) is 12.7. The van der Waals surface area contributed by atoms with E-state index in [2.05, 4.69) is 5.32 Å². The van der Waals surface area contributed by atoms with Crippen LogP contribution in [0.3, 0.4) is 0 Å². The van der Waals surface area contributed by atoms with Crippen LogP contribution in [0.25, 0.3) is 0 Å². The summed E-state index contributed by atoms with van der Waals surface area (Å²) >= 11 is 0. The Labute approximate surface area is 216 Å². The molecule has 6 N–H and O–H groups in total. The van der Waals surface area contributed by atoms with Gasteiger partial charge in [0.25, 0.3) is 5.91 Å². The number of aliphatic hydroxyl groups excluding tert-OH is 2. The minimum atomic E-state index is -1.48. The highest BCUT2D eigenvalue weighted by molar-refractivity contribution is 5.87. The van der Waals surface area contributed by atoms with E-state index in [9.17, 15) is 24.2 Å². The minimum Gasteiger partial charge on any atom is -0.481 e. The van der Waals surface area contributed by atoms with Gasteiger partial charge in [0.2, 0.25) is 5.66 Å². The molecule has 37 heavy (non-hydrogen) atoms. The molecule has 0 fully saturated rings. The number of carboxylic acids is 1. The van der Waals surface area contributed by atoms with Crippen molar-refractivity contribution >= 4 is 11.9 Å². The molecule has 0 aromatic heterocycles. The number of nitrogens with zero attached hydrogens (tertiary/aromatic N) is 1. The number of aryl methyl sites for hydroxylation is 1. The summed E-state index contributed by atoms with van der Waals surface area (Å²) in [4.78, 5) is 25.9. The van der Waals surface area contributed by atoms with Crippen LogP contribution in [0, 0.1) is 5.82 Å². The van der Waals surface area contributed by atoms with E-state index in [0.717, 1.165) is 29.8 Å². The van der Waals surface area contributed by atoms with Crippen molar-refractivity contribution < 1.29 is 29.3 Å². The third kappa shape index (κ3) is 6.87. The van der Waals surface area contributed by atoms with Gasteiger partial charge >= 0.3 is 5.97 Å². The highest BCUT2D eigenvalue weighted by Gasteiger charge is 2.50. The Morgan fingerprint density at radius 3 is 2.30 bits per heavy atom. The summed E-state index contributed by atoms with van der Waals surface area (Å²) < 4.78 is 13.8. The number of carbonyl (C=O) groups excluding carboxylic acids is 1. The molecule has 1 aliphatic rings. The summed E-state index contributed by atoms with van der Waals surface area (Å²) in [7, 11) is 0. The van der Waals surface area contributed by atoms with Gasteiger partial charge in [0.1, 0.15) is 5.82 Å². The Balaban J connectivity index is 1.94. The van der Waals surface area contributed by atoms with Crippen LogP contribution in [0.1, 0.15) is 56.6 Å². The molecular formula is C28H36FN3O5. The molecule has 0 aliphatic carbocycles. The molecule has 8 nitrogen and oxygen atoms in total. The van der Waals surface area contributed by atoms with Crippen LogP contribution in [-0.4, -0.2) is 50.8 Å². The van der Waals surface area contributed by atoms with Gasteiger partial charge in [-0.05, 0) is 49.8 Å². The number of aliphatic carboxylic acids is 1. The maximum Gasteiger partial charge on any atom is 0.305 e. The molecule has 1 heterocycles. The molecular weight excluding hydrogens is 477 g/mol. The van der Waals surface area contributed by atoms with E-state index in [0.29, 0.717) is 18.4 Å². The highest BCUT2D eigenvalue weighted by Crippen LogP contribution is 2.40. The predicted molar refractivity (Wildman–Crippen MR) is 137 cm³/mol. The monoisotopic (exact) mass is 513 g/mol. The molecule has 1 unspecified atom stereocenters. The molecule has 0 saturated carbocycles. The Morgan fingerprint density at radius 2 is 1.70 bits per heavy atom. The van der Waals surface area contributed by atoms with E-state index >= 15 is 0 Å². The van der Waals surface area contributed by atoms with Crippen molar-refractivity contribution in [2.24, 2.45) is 5.73 Å². The van der Waals surface area contributed by atoms with Crippen molar-refractivity contribution in [3.63, 3.8) is 0 Å². The number of hydrogen-bond donors (Lipinski definition) is 5. The number of benzene rings is 2. The van der Waals surface area contributed by atoms with Crippen molar-refractivity contribution in [2.75, 3.05) is 6.54 Å². The lowest BCUT2D eigenvalue weighted by Crippen LogP contribution is -2.59. The number of carbonyl (C=O) groups is 2. The lowest BCUT2D eigenvalue weighted by atomic mass is 9.95. The fraction of sp³-hybridized carbons (Fsp3) is 0.429. The van der Waals surface area contributed by atoms with Crippen molar-refractivity contribution in [3.8, 4) is 0 Å². The topological polar surface area (TPSA) is 136 Å². The Bertz CT molecular complexity index is 1090. The number of aliphatic hydroxyl groups is 2. The van der Waals surface area contributed by atoms with Crippen molar-refractivity contribution in [1.29, 1.82) is 0 Å². The van der Waals surface area contributed by atoms with Gasteiger partial charge < -0.3 is 31.3 Å². The molecule has 200 valence electrons. The van der Waals surface area contributed by atoms with Gasteiger partial charge in [0.05, 0.1) is 18.6 Å². The second-order valence-electron chi connectivity index (χ2n) is 9.45. The van der Waals surface area contributed by atoms with Crippen LogP contribution in [0.5, 0.6) is 0 Å². The van der Waals surface area contributed by atoms with Crippen LogP contribution >= 0.6 is 0 Å². The normalized spacial score (nSPS) is 19.0. The predicted octanol–water partition coefficient (Wildman–Crippen LogP) is 2.99. The standard InChI is InChI=1S/C28H36FN3O5/c1-2-6-25-24(14-9-19-7-4-3-5-8-19)31-28(27(30)37,20-10-12-21(29)13-11-20)32(25)16-15-22(33)17-23(34)18-26(35)36/h3-5,7-8,10-13,22-23,31,33-34H,2,6,9,14-18H2,1H3,(H2,30,37)(H,35,36)/t22-,23-,28?/m1/s1. The van der Waals surface area contributed by atoms with Gasteiger partial charge in [-0.25, -0.2) is 4.39 Å². The van der Waals surface area contributed by atoms with Gasteiger partial charge in [-0.2, -0.15) is 0 Å². The zero-order valence-corrected chi connectivity index (χ0v) is 21.1. The zero-order chi connectivity index (χ0) is 27.0. The first-order valence-electron chi connectivity index (χ1n) is 12.6. The Kier molecular flexibility index (Phi) is 9.66. The fourth-order valence-corrected chi connectivity index (χ4v) is 4.92. The molecule has 1 amide bonds. The first kappa shape index (κ1) is 28.1. The molecule has 0 radical (unpaired) electrons. The van der Waals surface area contributed by atoms with Crippen molar-refractivity contribution in [3.05, 3.63) is 82.9 Å². The van der Waals surface area contributed by atoms with E-state index in [-0.39, 0.29) is 19.4 Å². The molecule has 0 spiro atoms. The summed E-state index contributed by atoms with van der Waals surface area (Å²) in [6.07, 6.45) is 0.186. The molecule has 2 aromatic rings. The molecule has 9 heteroatoms. The number of allylic oxidation sites excluding steroid dienone is 2.